The molecule has 1 unspecified atom stereocenters. The molecule has 2 aromatic carbocycles. The van der Waals surface area contributed by atoms with Crippen molar-refractivity contribution in [1.29, 1.82) is 0 Å². The number of aliphatic hydroxyl groups is 2. The van der Waals surface area contributed by atoms with Crippen molar-refractivity contribution in [3.63, 3.8) is 0 Å². The molecule has 0 saturated heterocycles. The topological polar surface area (TPSA) is 99.8 Å². The van der Waals surface area contributed by atoms with Gasteiger partial charge in [-0.2, -0.15) is 5.10 Å². The zero-order chi connectivity index (χ0) is 21.3. The Labute approximate surface area is 173 Å². The second kappa shape index (κ2) is 7.70. The lowest BCUT2D eigenvalue weighted by Gasteiger charge is -2.23. The summed E-state index contributed by atoms with van der Waals surface area (Å²) in [5, 5.41) is 27.3. The number of nitrogens with one attached hydrogen (secondary N) is 1. The lowest BCUT2D eigenvalue weighted by molar-refractivity contribution is -0.00284. The molecular formula is C23H22N4O3. The molecule has 7 heteroatoms. The lowest BCUT2D eigenvalue weighted by atomic mass is 9.92. The van der Waals surface area contributed by atoms with Crippen LogP contribution in [0.15, 0.2) is 66.7 Å². The number of aliphatic hydroxyl groups excluding tert-OH is 1. The highest BCUT2D eigenvalue weighted by atomic mass is 16.3. The van der Waals surface area contributed by atoms with E-state index in [4.69, 9.17) is 0 Å². The lowest BCUT2D eigenvalue weighted by Crippen LogP contribution is -2.29. The fourth-order valence-electron chi connectivity index (χ4n) is 3.39. The van der Waals surface area contributed by atoms with E-state index in [0.29, 0.717) is 17.0 Å². The van der Waals surface area contributed by atoms with Crippen molar-refractivity contribution in [2.24, 2.45) is 0 Å². The predicted octanol–water partition coefficient (Wildman–Crippen LogP) is 3.16. The van der Waals surface area contributed by atoms with Gasteiger partial charge >= 0.3 is 0 Å². The van der Waals surface area contributed by atoms with Gasteiger partial charge in [0.25, 0.3) is 5.91 Å². The largest absolute Gasteiger partial charge is 0.393 e. The van der Waals surface area contributed by atoms with Gasteiger partial charge in [-0.1, -0.05) is 48.5 Å². The molecule has 0 radical (unpaired) electrons. The van der Waals surface area contributed by atoms with E-state index >= 15 is 0 Å². The Bertz CT molecular complexity index is 1220. The van der Waals surface area contributed by atoms with Crippen LogP contribution in [-0.4, -0.2) is 37.3 Å². The molecule has 4 rings (SSSR count). The Balaban J connectivity index is 1.76. The highest BCUT2D eigenvalue weighted by Crippen LogP contribution is 2.26. The molecule has 0 aliphatic rings. The van der Waals surface area contributed by atoms with Crippen molar-refractivity contribution in [2.75, 3.05) is 11.9 Å². The number of fused-ring (bicyclic) bond motifs is 1. The molecule has 7 nitrogen and oxygen atoms in total. The number of anilines is 1. The molecular weight excluding hydrogens is 380 g/mol. The Hall–Kier alpha value is -3.55. The molecule has 0 bridgehead atoms. The Kier molecular flexibility index (Phi) is 5.07. The van der Waals surface area contributed by atoms with Crippen molar-refractivity contribution in [2.45, 2.75) is 19.4 Å². The minimum absolute atomic E-state index is 0.268. The molecule has 0 saturated carbocycles. The number of carbonyl (C=O) groups is 1. The van der Waals surface area contributed by atoms with Gasteiger partial charge in [-0.3, -0.25) is 4.79 Å². The van der Waals surface area contributed by atoms with Crippen LogP contribution in [-0.2, 0) is 5.60 Å². The first kappa shape index (κ1) is 19.8. The molecule has 2 aromatic heterocycles. The summed E-state index contributed by atoms with van der Waals surface area (Å²) in [4.78, 5) is 17.5. The molecule has 0 aliphatic heterocycles. The van der Waals surface area contributed by atoms with Crippen molar-refractivity contribution in [3.05, 3.63) is 83.6 Å². The smallest absolute Gasteiger partial charge is 0.257 e. The van der Waals surface area contributed by atoms with E-state index in [1.54, 1.807) is 34.8 Å². The molecule has 3 N–H and O–H groups in total. The number of aromatic nitrogens is 3. The maximum atomic E-state index is 13.0. The molecule has 2 heterocycles. The number of hydrogen-bond acceptors (Lipinski definition) is 5. The van der Waals surface area contributed by atoms with Crippen LogP contribution in [0.3, 0.4) is 0 Å². The number of amides is 1. The average molecular weight is 402 g/mol. The van der Waals surface area contributed by atoms with Crippen molar-refractivity contribution >= 4 is 17.4 Å². The monoisotopic (exact) mass is 402 g/mol. The van der Waals surface area contributed by atoms with E-state index in [-0.39, 0.29) is 5.56 Å². The molecule has 152 valence electrons. The third kappa shape index (κ3) is 3.68. The van der Waals surface area contributed by atoms with Crippen molar-refractivity contribution in [3.8, 4) is 11.3 Å². The summed E-state index contributed by atoms with van der Waals surface area (Å²) in [5.41, 5.74) is 2.22. The highest BCUT2D eigenvalue weighted by molar-refractivity contribution is 6.05. The number of aryl methyl sites for hydroxylation is 1. The number of nitrogens with zero attached hydrogens (tertiary/aromatic N) is 3. The highest BCUT2D eigenvalue weighted by Gasteiger charge is 2.27. The summed E-state index contributed by atoms with van der Waals surface area (Å²) in [5.74, 6) is -0.0591. The van der Waals surface area contributed by atoms with Crippen molar-refractivity contribution < 1.29 is 15.0 Å². The minimum Gasteiger partial charge on any atom is -0.393 e. The SMILES string of the molecule is Cc1cc2nc(NC(=O)c3ccccc3C(C)(O)CO)cc(-c3ccccc3)n2n1. The van der Waals surface area contributed by atoms with Crippen LogP contribution >= 0.6 is 0 Å². The summed E-state index contributed by atoms with van der Waals surface area (Å²) >= 11 is 0. The Morgan fingerprint density at radius 3 is 2.53 bits per heavy atom. The normalized spacial score (nSPS) is 13.2. The van der Waals surface area contributed by atoms with Gasteiger partial charge in [0.05, 0.1) is 18.0 Å². The van der Waals surface area contributed by atoms with Gasteiger partial charge in [0.1, 0.15) is 11.4 Å². The van der Waals surface area contributed by atoms with E-state index in [1.165, 1.54) is 6.92 Å². The molecule has 0 spiro atoms. The van der Waals surface area contributed by atoms with Gasteiger partial charge in [0.15, 0.2) is 5.65 Å². The maximum absolute atomic E-state index is 13.0. The number of benzene rings is 2. The zero-order valence-electron chi connectivity index (χ0n) is 16.7. The van der Waals surface area contributed by atoms with Gasteiger partial charge in [-0.25, -0.2) is 9.50 Å². The van der Waals surface area contributed by atoms with Crippen LogP contribution in [0.4, 0.5) is 5.82 Å². The Morgan fingerprint density at radius 2 is 1.80 bits per heavy atom. The van der Waals surface area contributed by atoms with Gasteiger partial charge in [-0.05, 0) is 25.5 Å². The number of hydrogen-bond donors (Lipinski definition) is 3. The van der Waals surface area contributed by atoms with Crippen molar-refractivity contribution in [1.82, 2.24) is 14.6 Å². The number of rotatable bonds is 5. The molecule has 0 fully saturated rings. The fourth-order valence-corrected chi connectivity index (χ4v) is 3.39. The van der Waals surface area contributed by atoms with E-state index in [2.05, 4.69) is 15.4 Å². The third-order valence-corrected chi connectivity index (χ3v) is 4.92. The minimum atomic E-state index is -1.54. The standard InChI is InChI=1S/C23H22N4O3/c1-15-12-21-24-20(13-19(27(21)26-15)16-8-4-3-5-9-16)25-22(29)17-10-6-7-11-18(17)23(2,30)14-28/h3-13,28,30H,14H2,1-2H3,(H,24,25,29). The first-order chi connectivity index (χ1) is 14.4. The van der Waals surface area contributed by atoms with Crippen LogP contribution in [0.25, 0.3) is 16.9 Å². The molecule has 4 aromatic rings. The van der Waals surface area contributed by atoms with Gasteiger partial charge in [-0.15, -0.1) is 0 Å². The van der Waals surface area contributed by atoms with Crippen LogP contribution in [0.1, 0.15) is 28.5 Å². The van der Waals surface area contributed by atoms with E-state index in [1.807, 2.05) is 43.3 Å². The number of carbonyl (C=O) groups excluding carboxylic acids is 1. The quantitative estimate of drug-likeness (QED) is 0.476. The molecule has 1 amide bonds. The average Bonchev–Trinajstić information content (AvgIpc) is 3.13. The maximum Gasteiger partial charge on any atom is 0.257 e. The first-order valence-electron chi connectivity index (χ1n) is 9.56. The summed E-state index contributed by atoms with van der Waals surface area (Å²) in [6.45, 7) is 2.84. The summed E-state index contributed by atoms with van der Waals surface area (Å²) in [6.07, 6.45) is 0. The molecule has 1 atom stereocenters. The van der Waals surface area contributed by atoms with Crippen LogP contribution in [0.5, 0.6) is 0 Å². The molecule has 0 aliphatic carbocycles. The summed E-state index contributed by atoms with van der Waals surface area (Å²) < 4.78 is 1.74. The summed E-state index contributed by atoms with van der Waals surface area (Å²) in [6, 6.07) is 20.0. The van der Waals surface area contributed by atoms with E-state index < -0.39 is 18.1 Å². The second-order valence-electron chi connectivity index (χ2n) is 7.38. The summed E-state index contributed by atoms with van der Waals surface area (Å²) in [7, 11) is 0. The predicted molar refractivity (Wildman–Crippen MR) is 114 cm³/mol. The van der Waals surface area contributed by atoms with E-state index in [9.17, 15) is 15.0 Å². The zero-order valence-corrected chi connectivity index (χ0v) is 16.7. The van der Waals surface area contributed by atoms with E-state index in [0.717, 1.165) is 17.0 Å². The van der Waals surface area contributed by atoms with Crippen LogP contribution in [0, 0.1) is 6.92 Å². The van der Waals surface area contributed by atoms with Gasteiger partial charge in [0, 0.05) is 23.3 Å². The molecule has 30 heavy (non-hydrogen) atoms. The first-order valence-corrected chi connectivity index (χ1v) is 9.56. The van der Waals surface area contributed by atoms with Crippen LogP contribution < -0.4 is 5.32 Å². The Morgan fingerprint density at radius 1 is 1.10 bits per heavy atom. The second-order valence-corrected chi connectivity index (χ2v) is 7.38. The van der Waals surface area contributed by atoms with Crippen LogP contribution in [0.2, 0.25) is 0 Å². The fraction of sp³-hybridized carbons (Fsp3) is 0.174. The third-order valence-electron chi connectivity index (χ3n) is 4.92. The van der Waals surface area contributed by atoms with Gasteiger partial charge in [0.2, 0.25) is 0 Å². The van der Waals surface area contributed by atoms with Gasteiger partial charge < -0.3 is 15.5 Å².